The lowest BCUT2D eigenvalue weighted by Gasteiger charge is -2.19. The molecule has 1 aromatic carbocycles. The summed E-state index contributed by atoms with van der Waals surface area (Å²) in [5.74, 6) is 2.11. The molecule has 7 nitrogen and oxygen atoms in total. The zero-order valence-corrected chi connectivity index (χ0v) is 18.4. The van der Waals surface area contributed by atoms with Crippen molar-refractivity contribution in [2.45, 2.75) is 20.0 Å². The van der Waals surface area contributed by atoms with E-state index in [1.54, 1.807) is 13.3 Å². The van der Waals surface area contributed by atoms with Crippen LogP contribution in [0, 0.1) is 6.92 Å². The van der Waals surface area contributed by atoms with Gasteiger partial charge in [0.2, 0.25) is 5.88 Å². The Morgan fingerprint density at radius 3 is 2.61 bits per heavy atom. The van der Waals surface area contributed by atoms with Crippen molar-refractivity contribution in [3.8, 4) is 28.4 Å². The molecule has 0 aliphatic carbocycles. The lowest BCUT2D eigenvalue weighted by molar-refractivity contribution is 0.394. The fourth-order valence-corrected chi connectivity index (χ4v) is 4.45. The van der Waals surface area contributed by atoms with E-state index in [1.165, 1.54) is 5.56 Å². The summed E-state index contributed by atoms with van der Waals surface area (Å²) in [4.78, 5) is 16.4. The van der Waals surface area contributed by atoms with Gasteiger partial charge in [0.15, 0.2) is 11.6 Å². The number of anilines is 1. The topological polar surface area (TPSA) is 68.4 Å². The van der Waals surface area contributed by atoms with Crippen LogP contribution in [0.4, 0.5) is 5.82 Å². The summed E-state index contributed by atoms with van der Waals surface area (Å²) in [5, 5.41) is 4.85. The molecule has 1 aliphatic rings. The Bertz CT molecular complexity index is 1450. The van der Waals surface area contributed by atoms with Crippen molar-refractivity contribution >= 4 is 11.3 Å². The number of hydrogen-bond donors (Lipinski definition) is 0. The van der Waals surface area contributed by atoms with Crippen molar-refractivity contribution in [3.63, 3.8) is 0 Å². The Morgan fingerprint density at radius 1 is 0.939 bits per heavy atom. The number of pyridine rings is 2. The minimum atomic E-state index is 0.605. The lowest BCUT2D eigenvalue weighted by atomic mass is 10.1. The van der Waals surface area contributed by atoms with Gasteiger partial charge in [-0.3, -0.25) is 4.98 Å². The Kier molecular flexibility index (Phi) is 4.54. The van der Waals surface area contributed by atoms with Crippen LogP contribution in [0.15, 0.2) is 73.2 Å². The van der Waals surface area contributed by atoms with E-state index in [0.717, 1.165) is 45.8 Å². The van der Waals surface area contributed by atoms with Crippen molar-refractivity contribution in [2.24, 2.45) is 0 Å². The van der Waals surface area contributed by atoms with Crippen LogP contribution in [0.3, 0.4) is 0 Å². The Morgan fingerprint density at radius 2 is 1.82 bits per heavy atom. The monoisotopic (exact) mass is 434 g/mol. The van der Waals surface area contributed by atoms with Gasteiger partial charge in [0, 0.05) is 41.8 Å². The maximum Gasteiger partial charge on any atom is 0.215 e. The van der Waals surface area contributed by atoms with Crippen LogP contribution in [0.5, 0.6) is 5.88 Å². The first-order valence-corrected chi connectivity index (χ1v) is 10.8. The molecule has 162 valence electrons. The number of methoxy groups -OCH3 is 1. The highest BCUT2D eigenvalue weighted by atomic mass is 16.5. The van der Waals surface area contributed by atoms with Crippen molar-refractivity contribution < 1.29 is 4.74 Å². The Balaban J connectivity index is 1.55. The Labute approximate surface area is 191 Å². The van der Waals surface area contributed by atoms with E-state index in [9.17, 15) is 0 Å². The smallest absolute Gasteiger partial charge is 0.215 e. The van der Waals surface area contributed by atoms with Crippen LogP contribution in [-0.4, -0.2) is 31.7 Å². The molecule has 0 unspecified atom stereocenters. The van der Waals surface area contributed by atoms with Gasteiger partial charge in [-0.2, -0.15) is 0 Å². The zero-order chi connectivity index (χ0) is 22.4. The lowest BCUT2D eigenvalue weighted by Crippen LogP contribution is -2.18. The number of fused-ring (bicyclic) bond motifs is 2. The largest absolute Gasteiger partial charge is 0.481 e. The third-order valence-corrected chi connectivity index (χ3v) is 6.05. The summed E-state index contributed by atoms with van der Waals surface area (Å²) in [6, 6.07) is 18.6. The van der Waals surface area contributed by atoms with Gasteiger partial charge in [-0.1, -0.05) is 36.4 Å². The molecule has 0 bridgehead atoms. The summed E-state index contributed by atoms with van der Waals surface area (Å²) < 4.78 is 7.25. The molecular weight excluding hydrogens is 412 g/mol. The number of nitrogens with zero attached hydrogens (tertiary/aromatic N) is 6. The minimum Gasteiger partial charge on any atom is -0.481 e. The molecule has 4 aromatic heterocycles. The molecular formula is C26H22N6O. The Hall–Kier alpha value is -4.26. The fourth-order valence-electron chi connectivity index (χ4n) is 4.45. The second kappa shape index (κ2) is 7.70. The second-order valence-electron chi connectivity index (χ2n) is 8.16. The summed E-state index contributed by atoms with van der Waals surface area (Å²) >= 11 is 0. The van der Waals surface area contributed by atoms with Gasteiger partial charge < -0.3 is 9.64 Å². The van der Waals surface area contributed by atoms with Crippen LogP contribution in [0.25, 0.3) is 28.0 Å². The highest BCUT2D eigenvalue weighted by Gasteiger charge is 2.26. The summed E-state index contributed by atoms with van der Waals surface area (Å²) in [7, 11) is 1.62. The van der Waals surface area contributed by atoms with Gasteiger partial charge in [0.25, 0.3) is 0 Å². The van der Waals surface area contributed by atoms with Crippen LogP contribution < -0.4 is 9.64 Å². The molecule has 0 atom stereocenters. The molecule has 33 heavy (non-hydrogen) atoms. The van der Waals surface area contributed by atoms with Gasteiger partial charge in [-0.05, 0) is 36.2 Å². The molecule has 6 rings (SSSR count). The van der Waals surface area contributed by atoms with Gasteiger partial charge in [0.05, 0.1) is 19.3 Å². The number of rotatable bonds is 4. The molecule has 0 N–H and O–H groups in total. The van der Waals surface area contributed by atoms with Crippen molar-refractivity contribution in [1.29, 1.82) is 0 Å². The first-order valence-electron chi connectivity index (χ1n) is 10.8. The average Bonchev–Trinajstić information content (AvgIpc) is 3.48. The predicted octanol–water partition coefficient (Wildman–Crippen LogP) is 4.69. The molecule has 0 saturated heterocycles. The summed E-state index contributed by atoms with van der Waals surface area (Å²) in [6.45, 7) is 3.44. The normalized spacial score (nSPS) is 12.8. The quantitative estimate of drug-likeness (QED) is 0.409. The molecule has 7 heteroatoms. The molecule has 0 fully saturated rings. The van der Waals surface area contributed by atoms with Gasteiger partial charge in [-0.25, -0.2) is 14.5 Å². The molecule has 0 saturated carbocycles. The first-order chi connectivity index (χ1) is 16.2. The third kappa shape index (κ3) is 3.29. The van der Waals surface area contributed by atoms with Gasteiger partial charge >= 0.3 is 0 Å². The van der Waals surface area contributed by atoms with Gasteiger partial charge in [-0.15, -0.1) is 5.10 Å². The average molecular weight is 435 g/mol. The van der Waals surface area contributed by atoms with Crippen LogP contribution in [-0.2, 0) is 13.1 Å². The number of ether oxygens (including phenoxy) is 1. The maximum absolute atomic E-state index is 5.33. The van der Waals surface area contributed by atoms with E-state index in [0.29, 0.717) is 18.2 Å². The van der Waals surface area contributed by atoms with Crippen LogP contribution in [0.1, 0.15) is 16.8 Å². The number of aromatic nitrogens is 5. The SMILES string of the molecule is COc1ncc(-c2nc(N3Cc4cccnc4C3)c3c(-c4ccccc4)ccn3n2)cc1C. The third-order valence-electron chi connectivity index (χ3n) is 6.05. The molecule has 1 aliphatic heterocycles. The van der Waals surface area contributed by atoms with E-state index >= 15 is 0 Å². The highest BCUT2D eigenvalue weighted by molar-refractivity contribution is 5.89. The maximum atomic E-state index is 5.33. The molecule has 0 amide bonds. The van der Waals surface area contributed by atoms with Crippen molar-refractivity contribution in [2.75, 3.05) is 12.0 Å². The van der Waals surface area contributed by atoms with E-state index in [2.05, 4.69) is 51.3 Å². The molecule has 5 aromatic rings. The number of benzene rings is 1. The van der Waals surface area contributed by atoms with E-state index in [4.69, 9.17) is 14.8 Å². The molecule has 5 heterocycles. The van der Waals surface area contributed by atoms with Gasteiger partial charge in [0.1, 0.15) is 5.52 Å². The first kappa shape index (κ1) is 19.4. The highest BCUT2D eigenvalue weighted by Crippen LogP contribution is 2.36. The zero-order valence-electron chi connectivity index (χ0n) is 18.4. The molecule has 0 radical (unpaired) electrons. The summed E-state index contributed by atoms with van der Waals surface area (Å²) in [5.41, 5.74) is 7.32. The molecule has 0 spiro atoms. The second-order valence-corrected chi connectivity index (χ2v) is 8.16. The van der Waals surface area contributed by atoms with E-state index in [-0.39, 0.29) is 0 Å². The van der Waals surface area contributed by atoms with E-state index < -0.39 is 0 Å². The minimum absolute atomic E-state index is 0.605. The number of hydrogen-bond acceptors (Lipinski definition) is 6. The predicted molar refractivity (Wildman–Crippen MR) is 127 cm³/mol. The van der Waals surface area contributed by atoms with Crippen molar-refractivity contribution in [1.82, 2.24) is 24.6 Å². The standard InChI is InChI=1S/C26H22N6O/c1-17-13-20(14-28-26(17)33-2)24-29-25(31-15-19-9-6-11-27-22(19)16-31)23-21(10-12-32(23)30-24)18-7-4-3-5-8-18/h3-14H,15-16H2,1-2H3. The van der Waals surface area contributed by atoms with E-state index in [1.807, 2.05) is 42.0 Å². The van der Waals surface area contributed by atoms with Crippen LogP contribution in [0.2, 0.25) is 0 Å². The number of aryl methyl sites for hydroxylation is 1. The van der Waals surface area contributed by atoms with Crippen LogP contribution >= 0.6 is 0 Å². The fraction of sp³-hybridized carbons (Fsp3) is 0.154. The summed E-state index contributed by atoms with van der Waals surface area (Å²) in [6.07, 6.45) is 5.61. The van der Waals surface area contributed by atoms with Crippen molar-refractivity contribution in [3.05, 3.63) is 90.0 Å².